The third kappa shape index (κ3) is 4.41. The predicted molar refractivity (Wildman–Crippen MR) is 103 cm³/mol. The SMILES string of the molecule is CC(c1ccc(F)cc1)N(C)CC(=O)N1CCN(c2ccccc2)CC1. The van der Waals surface area contributed by atoms with Crippen LogP contribution in [0.3, 0.4) is 0 Å². The van der Waals surface area contributed by atoms with Crippen LogP contribution in [0.4, 0.5) is 10.1 Å². The Hall–Kier alpha value is -2.40. The van der Waals surface area contributed by atoms with Gasteiger partial charge in [-0.05, 0) is 43.8 Å². The van der Waals surface area contributed by atoms with E-state index in [-0.39, 0.29) is 17.8 Å². The number of hydrogen-bond donors (Lipinski definition) is 0. The van der Waals surface area contributed by atoms with Crippen LogP contribution in [0.15, 0.2) is 54.6 Å². The zero-order chi connectivity index (χ0) is 18.5. The molecule has 0 N–H and O–H groups in total. The van der Waals surface area contributed by atoms with E-state index in [0.29, 0.717) is 6.54 Å². The van der Waals surface area contributed by atoms with Gasteiger partial charge in [0.2, 0.25) is 5.91 Å². The number of amides is 1. The summed E-state index contributed by atoms with van der Waals surface area (Å²) in [6.45, 7) is 5.59. The van der Waals surface area contributed by atoms with Crippen LogP contribution >= 0.6 is 0 Å². The maximum absolute atomic E-state index is 13.1. The molecule has 4 nitrogen and oxygen atoms in total. The summed E-state index contributed by atoms with van der Waals surface area (Å²) >= 11 is 0. The summed E-state index contributed by atoms with van der Waals surface area (Å²) in [5, 5.41) is 0. The monoisotopic (exact) mass is 355 g/mol. The minimum Gasteiger partial charge on any atom is -0.368 e. The van der Waals surface area contributed by atoms with E-state index in [1.54, 1.807) is 12.1 Å². The first-order valence-corrected chi connectivity index (χ1v) is 9.08. The number of nitrogens with zero attached hydrogens (tertiary/aromatic N) is 3. The van der Waals surface area contributed by atoms with E-state index in [2.05, 4.69) is 17.0 Å². The van der Waals surface area contributed by atoms with Crippen LogP contribution < -0.4 is 4.90 Å². The lowest BCUT2D eigenvalue weighted by Gasteiger charge is -2.37. The number of halogens is 1. The second kappa shape index (κ2) is 8.32. The Morgan fingerprint density at radius 1 is 1.04 bits per heavy atom. The van der Waals surface area contributed by atoms with Gasteiger partial charge in [-0.3, -0.25) is 9.69 Å². The van der Waals surface area contributed by atoms with E-state index in [1.165, 1.54) is 17.8 Å². The third-order valence-electron chi connectivity index (χ3n) is 5.15. The first-order valence-electron chi connectivity index (χ1n) is 9.08. The second-order valence-corrected chi connectivity index (χ2v) is 6.85. The minimum atomic E-state index is -0.240. The van der Waals surface area contributed by atoms with Crippen molar-refractivity contribution in [3.8, 4) is 0 Å². The Balaban J connectivity index is 1.51. The summed E-state index contributed by atoms with van der Waals surface area (Å²) in [6, 6.07) is 16.8. The number of para-hydroxylation sites is 1. The van der Waals surface area contributed by atoms with Crippen molar-refractivity contribution in [3.63, 3.8) is 0 Å². The quantitative estimate of drug-likeness (QED) is 0.824. The highest BCUT2D eigenvalue weighted by molar-refractivity contribution is 5.78. The molecule has 0 spiro atoms. The highest BCUT2D eigenvalue weighted by atomic mass is 19.1. The molecule has 2 aromatic rings. The summed E-state index contributed by atoms with van der Waals surface area (Å²) in [5.41, 5.74) is 2.22. The molecule has 3 rings (SSSR count). The molecule has 1 aliphatic rings. The van der Waals surface area contributed by atoms with Crippen LogP contribution in [0.1, 0.15) is 18.5 Å². The van der Waals surface area contributed by atoms with Crippen molar-refractivity contribution in [2.24, 2.45) is 0 Å². The zero-order valence-corrected chi connectivity index (χ0v) is 15.4. The standard InChI is InChI=1S/C21H26FN3O/c1-17(18-8-10-19(22)11-9-18)23(2)16-21(26)25-14-12-24(13-15-25)20-6-4-3-5-7-20/h3-11,17H,12-16H2,1-2H3. The smallest absolute Gasteiger partial charge is 0.236 e. The molecule has 1 unspecified atom stereocenters. The molecule has 2 aromatic carbocycles. The summed E-state index contributed by atoms with van der Waals surface area (Å²) in [6.07, 6.45) is 0. The topological polar surface area (TPSA) is 26.8 Å². The molecule has 1 atom stereocenters. The molecular weight excluding hydrogens is 329 g/mol. The fourth-order valence-electron chi connectivity index (χ4n) is 3.30. The largest absolute Gasteiger partial charge is 0.368 e. The number of carbonyl (C=O) groups excluding carboxylic acids is 1. The number of anilines is 1. The van der Waals surface area contributed by atoms with Crippen LogP contribution in [-0.2, 0) is 4.79 Å². The van der Waals surface area contributed by atoms with Gasteiger partial charge in [0.05, 0.1) is 6.54 Å². The van der Waals surface area contributed by atoms with E-state index in [1.807, 2.05) is 42.0 Å². The van der Waals surface area contributed by atoms with Gasteiger partial charge in [-0.2, -0.15) is 0 Å². The fourth-order valence-corrected chi connectivity index (χ4v) is 3.30. The summed E-state index contributed by atoms with van der Waals surface area (Å²) in [7, 11) is 1.94. The first-order chi connectivity index (χ1) is 12.5. The van der Waals surface area contributed by atoms with Gasteiger partial charge in [0.25, 0.3) is 0 Å². The molecule has 1 amide bonds. The van der Waals surface area contributed by atoms with Crippen molar-refractivity contribution in [2.75, 3.05) is 44.7 Å². The molecule has 26 heavy (non-hydrogen) atoms. The van der Waals surface area contributed by atoms with E-state index < -0.39 is 0 Å². The summed E-state index contributed by atoms with van der Waals surface area (Å²) in [4.78, 5) is 18.9. The van der Waals surface area contributed by atoms with Gasteiger partial charge in [-0.15, -0.1) is 0 Å². The maximum Gasteiger partial charge on any atom is 0.236 e. The van der Waals surface area contributed by atoms with Gasteiger partial charge in [-0.25, -0.2) is 4.39 Å². The molecule has 1 saturated heterocycles. The Morgan fingerprint density at radius 3 is 2.27 bits per heavy atom. The van der Waals surface area contributed by atoms with Crippen molar-refractivity contribution < 1.29 is 9.18 Å². The van der Waals surface area contributed by atoms with E-state index in [9.17, 15) is 9.18 Å². The van der Waals surface area contributed by atoms with E-state index >= 15 is 0 Å². The summed E-state index contributed by atoms with van der Waals surface area (Å²) in [5.74, 6) is -0.0925. The van der Waals surface area contributed by atoms with Gasteiger partial charge < -0.3 is 9.80 Å². The van der Waals surface area contributed by atoms with Gasteiger partial charge in [0, 0.05) is 37.9 Å². The van der Waals surface area contributed by atoms with Gasteiger partial charge in [0.1, 0.15) is 5.82 Å². The number of benzene rings is 2. The Morgan fingerprint density at radius 2 is 1.65 bits per heavy atom. The molecule has 0 aliphatic carbocycles. The van der Waals surface area contributed by atoms with Crippen molar-refractivity contribution in [3.05, 3.63) is 66.0 Å². The molecule has 1 fully saturated rings. The number of piperazine rings is 1. The van der Waals surface area contributed by atoms with Gasteiger partial charge >= 0.3 is 0 Å². The Kier molecular flexibility index (Phi) is 5.89. The molecule has 0 radical (unpaired) electrons. The Labute approximate surface area is 154 Å². The predicted octanol–water partition coefficient (Wildman–Crippen LogP) is 3.17. The molecule has 0 aromatic heterocycles. The molecule has 1 heterocycles. The van der Waals surface area contributed by atoms with Crippen molar-refractivity contribution in [2.45, 2.75) is 13.0 Å². The van der Waals surface area contributed by atoms with Crippen LogP contribution in [0.25, 0.3) is 0 Å². The van der Waals surface area contributed by atoms with Crippen LogP contribution in [0.5, 0.6) is 0 Å². The van der Waals surface area contributed by atoms with Crippen molar-refractivity contribution in [1.29, 1.82) is 0 Å². The lowest BCUT2D eigenvalue weighted by molar-refractivity contribution is -0.132. The second-order valence-electron chi connectivity index (χ2n) is 6.85. The average molecular weight is 355 g/mol. The van der Waals surface area contributed by atoms with Gasteiger partial charge in [-0.1, -0.05) is 30.3 Å². The van der Waals surface area contributed by atoms with E-state index in [4.69, 9.17) is 0 Å². The molecule has 0 bridgehead atoms. The van der Waals surface area contributed by atoms with Crippen molar-refractivity contribution in [1.82, 2.24) is 9.80 Å². The average Bonchev–Trinajstić information content (AvgIpc) is 2.68. The maximum atomic E-state index is 13.1. The van der Waals surface area contributed by atoms with Crippen LogP contribution in [-0.4, -0.2) is 55.5 Å². The lowest BCUT2D eigenvalue weighted by atomic mass is 10.1. The number of hydrogen-bond acceptors (Lipinski definition) is 3. The molecule has 138 valence electrons. The third-order valence-corrected chi connectivity index (χ3v) is 5.15. The number of likely N-dealkylation sites (N-methyl/N-ethyl adjacent to an activating group) is 1. The highest BCUT2D eigenvalue weighted by Crippen LogP contribution is 2.20. The van der Waals surface area contributed by atoms with Crippen molar-refractivity contribution >= 4 is 11.6 Å². The molecular formula is C21H26FN3O. The lowest BCUT2D eigenvalue weighted by Crippen LogP contribution is -2.51. The summed E-state index contributed by atoms with van der Waals surface area (Å²) < 4.78 is 13.1. The highest BCUT2D eigenvalue weighted by Gasteiger charge is 2.23. The number of rotatable bonds is 5. The molecule has 5 heteroatoms. The van der Waals surface area contributed by atoms with E-state index in [0.717, 1.165) is 31.7 Å². The minimum absolute atomic E-state index is 0.0603. The molecule has 1 aliphatic heterocycles. The Bertz CT molecular complexity index is 712. The number of carbonyl (C=O) groups is 1. The van der Waals surface area contributed by atoms with Crippen LogP contribution in [0.2, 0.25) is 0 Å². The van der Waals surface area contributed by atoms with Crippen LogP contribution in [0, 0.1) is 5.82 Å². The van der Waals surface area contributed by atoms with Gasteiger partial charge in [0.15, 0.2) is 0 Å². The normalized spacial score (nSPS) is 16.0. The molecule has 0 saturated carbocycles. The first kappa shape index (κ1) is 18.4. The fraction of sp³-hybridized carbons (Fsp3) is 0.381. The zero-order valence-electron chi connectivity index (χ0n) is 15.4.